The molecule has 2 amide bonds. The average molecular weight is 500 g/mol. The van der Waals surface area contributed by atoms with E-state index >= 15 is 0 Å². The second kappa shape index (κ2) is 10.4. The number of halogens is 1. The van der Waals surface area contributed by atoms with E-state index in [4.69, 9.17) is 11.6 Å². The molecule has 0 fully saturated rings. The maximum Gasteiger partial charge on any atom is 0.263 e. The zero-order valence-electron chi connectivity index (χ0n) is 19.2. The van der Waals surface area contributed by atoms with E-state index in [0.717, 1.165) is 23.5 Å². The lowest BCUT2D eigenvalue weighted by molar-refractivity contribution is -0.119. The van der Waals surface area contributed by atoms with E-state index in [1.165, 1.54) is 17.5 Å². The van der Waals surface area contributed by atoms with Crippen molar-refractivity contribution >= 4 is 63.6 Å². The number of nitrogens with one attached hydrogen (secondary N) is 3. The Hall–Kier alpha value is -3.21. The summed E-state index contributed by atoms with van der Waals surface area (Å²) in [5.74, 6) is 0.600. The maximum atomic E-state index is 12.8. The van der Waals surface area contributed by atoms with Gasteiger partial charge in [0.2, 0.25) is 11.9 Å². The minimum Gasteiger partial charge on any atom is -0.354 e. The molecule has 2 aromatic heterocycles. The summed E-state index contributed by atoms with van der Waals surface area (Å²) in [6, 6.07) is 7.72. The molecule has 0 bridgehead atoms. The van der Waals surface area contributed by atoms with E-state index in [1.54, 1.807) is 13.1 Å². The predicted octanol–water partition coefficient (Wildman–Crippen LogP) is 4.23. The van der Waals surface area contributed by atoms with Crippen LogP contribution < -0.4 is 20.9 Å². The van der Waals surface area contributed by atoms with Gasteiger partial charge in [0.05, 0.1) is 24.1 Å². The van der Waals surface area contributed by atoms with Crippen molar-refractivity contribution in [1.29, 1.82) is 0 Å². The van der Waals surface area contributed by atoms with Gasteiger partial charge in [0.25, 0.3) is 5.91 Å². The van der Waals surface area contributed by atoms with Gasteiger partial charge in [-0.3, -0.25) is 14.5 Å². The van der Waals surface area contributed by atoms with Crippen molar-refractivity contribution in [2.75, 3.05) is 42.2 Å². The van der Waals surface area contributed by atoms with Crippen LogP contribution in [0.5, 0.6) is 0 Å². The van der Waals surface area contributed by atoms with Crippen LogP contribution >= 0.6 is 22.9 Å². The van der Waals surface area contributed by atoms with Gasteiger partial charge in [-0.15, -0.1) is 11.3 Å². The van der Waals surface area contributed by atoms with Gasteiger partial charge in [0, 0.05) is 25.8 Å². The summed E-state index contributed by atoms with van der Waals surface area (Å²) < 4.78 is 0. The van der Waals surface area contributed by atoms with Crippen molar-refractivity contribution in [3.05, 3.63) is 51.3 Å². The van der Waals surface area contributed by atoms with Crippen molar-refractivity contribution in [2.24, 2.45) is 0 Å². The van der Waals surface area contributed by atoms with Crippen molar-refractivity contribution < 1.29 is 9.59 Å². The van der Waals surface area contributed by atoms with E-state index in [2.05, 4.69) is 37.7 Å². The molecule has 1 aliphatic rings. The van der Waals surface area contributed by atoms with Crippen LogP contribution in [0.3, 0.4) is 0 Å². The molecular formula is C23H26ClN7O2S. The molecule has 4 rings (SSSR count). The van der Waals surface area contributed by atoms with Crippen LogP contribution in [-0.4, -0.2) is 53.4 Å². The number of amides is 2. The lowest BCUT2D eigenvalue weighted by Crippen LogP contribution is -2.37. The van der Waals surface area contributed by atoms with E-state index in [-0.39, 0.29) is 11.8 Å². The first-order valence-electron chi connectivity index (χ1n) is 10.9. The Balaban J connectivity index is 1.60. The fourth-order valence-corrected chi connectivity index (χ4v) is 4.71. The number of hydrogen-bond donors (Lipinski definition) is 3. The zero-order chi connectivity index (χ0) is 24.2. The van der Waals surface area contributed by atoms with Gasteiger partial charge in [0.15, 0.2) is 5.82 Å². The maximum absolute atomic E-state index is 12.8. The van der Waals surface area contributed by atoms with E-state index in [9.17, 15) is 9.59 Å². The molecule has 34 heavy (non-hydrogen) atoms. The third kappa shape index (κ3) is 4.98. The lowest BCUT2D eigenvalue weighted by atomic mass is 10.1. The molecule has 0 aliphatic carbocycles. The number of anilines is 5. The van der Waals surface area contributed by atoms with Crippen LogP contribution in [0.25, 0.3) is 0 Å². The quantitative estimate of drug-likeness (QED) is 0.447. The van der Waals surface area contributed by atoms with Gasteiger partial charge in [0.1, 0.15) is 9.90 Å². The highest BCUT2D eigenvalue weighted by Crippen LogP contribution is 2.32. The largest absolute Gasteiger partial charge is 0.354 e. The summed E-state index contributed by atoms with van der Waals surface area (Å²) in [4.78, 5) is 38.1. The third-order valence-corrected chi connectivity index (χ3v) is 6.74. The summed E-state index contributed by atoms with van der Waals surface area (Å²) in [5.41, 5.74) is 3.34. The number of fused-ring (bicyclic) bond motifs is 1. The van der Waals surface area contributed by atoms with Crippen molar-refractivity contribution in [3.8, 4) is 0 Å². The summed E-state index contributed by atoms with van der Waals surface area (Å²) >= 11 is 7.64. The van der Waals surface area contributed by atoms with Gasteiger partial charge in [-0.2, -0.15) is 4.98 Å². The Kier molecular flexibility index (Phi) is 7.30. The predicted molar refractivity (Wildman–Crippen MR) is 137 cm³/mol. The molecule has 3 aromatic rings. The second-order valence-corrected chi connectivity index (χ2v) is 8.99. The average Bonchev–Trinajstić information content (AvgIpc) is 3.24. The summed E-state index contributed by atoms with van der Waals surface area (Å²) in [5, 5.41) is 11.1. The van der Waals surface area contributed by atoms with Crippen molar-refractivity contribution in [3.63, 3.8) is 0 Å². The number of nitrogens with zero attached hydrogens (tertiary/aromatic N) is 4. The van der Waals surface area contributed by atoms with Gasteiger partial charge < -0.3 is 20.9 Å². The van der Waals surface area contributed by atoms with Crippen molar-refractivity contribution in [1.82, 2.24) is 20.2 Å². The minimum atomic E-state index is -0.192. The van der Waals surface area contributed by atoms with Crippen LogP contribution in [0.4, 0.5) is 28.8 Å². The van der Waals surface area contributed by atoms with Crippen LogP contribution in [0.15, 0.2) is 35.8 Å². The van der Waals surface area contributed by atoms with Crippen LogP contribution in [-0.2, 0) is 11.3 Å². The number of benzene rings is 1. The standard InChI is InChI=1S/C23H26ClN7O2S/c1-4-30-12-14-6-7-15(10-18(14)31(5-2)19(32)13-30)27-23-26-11-16(24)21(29-23)28-17-8-9-34-20(17)22(33)25-3/h6-11H,4-5,12-13H2,1-3H3,(H,25,33)(H2,26,27,28,29). The summed E-state index contributed by atoms with van der Waals surface area (Å²) in [6.07, 6.45) is 1.50. The number of likely N-dealkylation sites (N-methyl/N-ethyl adjacent to an activating group) is 2. The fraction of sp³-hybridized carbons (Fsp3) is 0.304. The van der Waals surface area contributed by atoms with Gasteiger partial charge >= 0.3 is 0 Å². The van der Waals surface area contributed by atoms with Crippen LogP contribution in [0.1, 0.15) is 29.1 Å². The van der Waals surface area contributed by atoms with Gasteiger partial charge in [-0.1, -0.05) is 24.6 Å². The minimum absolute atomic E-state index is 0.0807. The highest BCUT2D eigenvalue weighted by Gasteiger charge is 2.25. The molecule has 0 radical (unpaired) electrons. The first-order valence-corrected chi connectivity index (χ1v) is 12.2. The van der Waals surface area contributed by atoms with Crippen molar-refractivity contribution in [2.45, 2.75) is 20.4 Å². The molecule has 0 saturated carbocycles. The van der Waals surface area contributed by atoms with E-state index in [0.29, 0.717) is 47.0 Å². The molecular weight excluding hydrogens is 474 g/mol. The summed E-state index contributed by atoms with van der Waals surface area (Å²) in [7, 11) is 1.58. The van der Waals surface area contributed by atoms with Crippen LogP contribution in [0, 0.1) is 0 Å². The molecule has 0 atom stereocenters. The van der Waals surface area contributed by atoms with Crippen LogP contribution in [0.2, 0.25) is 5.02 Å². The topological polar surface area (TPSA) is 102 Å². The number of hydrogen-bond acceptors (Lipinski definition) is 8. The number of thiophene rings is 1. The van der Waals surface area contributed by atoms with Gasteiger partial charge in [-0.25, -0.2) is 4.98 Å². The second-order valence-electron chi connectivity index (χ2n) is 7.67. The third-order valence-electron chi connectivity index (χ3n) is 5.55. The molecule has 11 heteroatoms. The molecule has 3 N–H and O–H groups in total. The van der Waals surface area contributed by atoms with E-state index in [1.807, 2.05) is 35.4 Å². The Morgan fingerprint density at radius 2 is 2.00 bits per heavy atom. The highest BCUT2D eigenvalue weighted by atomic mass is 35.5. The Labute approximate surface area is 207 Å². The SMILES string of the molecule is CCN1CC(=O)N(CC)c2cc(Nc3ncc(Cl)c(Nc4ccsc4C(=O)NC)n3)ccc2C1. The Bertz CT molecular complexity index is 1220. The first-order chi connectivity index (χ1) is 16.4. The fourth-order valence-electron chi connectivity index (χ4n) is 3.77. The lowest BCUT2D eigenvalue weighted by Gasteiger charge is -2.21. The summed E-state index contributed by atoms with van der Waals surface area (Å²) in [6.45, 7) is 6.55. The molecule has 178 valence electrons. The molecule has 1 aromatic carbocycles. The normalized spacial score (nSPS) is 13.9. The molecule has 3 heterocycles. The first kappa shape index (κ1) is 23.9. The Morgan fingerprint density at radius 1 is 1.18 bits per heavy atom. The highest BCUT2D eigenvalue weighted by molar-refractivity contribution is 7.12. The van der Waals surface area contributed by atoms with Gasteiger partial charge in [-0.05, 0) is 42.6 Å². The number of aromatic nitrogens is 2. The number of rotatable bonds is 7. The monoisotopic (exact) mass is 499 g/mol. The molecule has 9 nitrogen and oxygen atoms in total. The molecule has 0 saturated heterocycles. The number of carbonyl (C=O) groups is 2. The number of carbonyl (C=O) groups excluding carboxylic acids is 2. The molecule has 1 aliphatic heterocycles. The smallest absolute Gasteiger partial charge is 0.263 e. The Morgan fingerprint density at radius 3 is 2.74 bits per heavy atom. The molecule has 0 spiro atoms. The molecule has 0 unspecified atom stereocenters. The zero-order valence-corrected chi connectivity index (χ0v) is 20.8. The van der Waals surface area contributed by atoms with E-state index < -0.39 is 0 Å².